The first kappa shape index (κ1) is 18.6. The average Bonchev–Trinajstić information content (AvgIpc) is 3.23. The monoisotopic (exact) mass is 394 g/mol. The predicted molar refractivity (Wildman–Crippen MR) is 109 cm³/mol. The molecule has 29 heavy (non-hydrogen) atoms. The van der Waals surface area contributed by atoms with E-state index in [1.807, 2.05) is 18.2 Å². The van der Waals surface area contributed by atoms with Gasteiger partial charge < -0.3 is 19.5 Å². The number of rotatable bonds is 5. The molecule has 1 amide bonds. The van der Waals surface area contributed by atoms with Crippen molar-refractivity contribution >= 4 is 11.7 Å². The van der Waals surface area contributed by atoms with E-state index in [2.05, 4.69) is 29.4 Å². The summed E-state index contributed by atoms with van der Waals surface area (Å²) in [6.45, 7) is 5.01. The molecule has 2 aliphatic heterocycles. The first-order valence-electron chi connectivity index (χ1n) is 10.4. The molecule has 1 saturated carbocycles. The van der Waals surface area contributed by atoms with Crippen LogP contribution in [0, 0.1) is 24.7 Å². The molecule has 1 aliphatic carbocycles. The van der Waals surface area contributed by atoms with Crippen molar-refractivity contribution in [2.75, 3.05) is 31.7 Å². The van der Waals surface area contributed by atoms with Crippen LogP contribution in [0.15, 0.2) is 36.5 Å². The van der Waals surface area contributed by atoms with Crippen LogP contribution in [0.3, 0.4) is 0 Å². The number of fused-ring (bicyclic) bond motifs is 1. The summed E-state index contributed by atoms with van der Waals surface area (Å²) in [5.41, 5.74) is 3.20. The largest absolute Gasteiger partial charge is 0.490 e. The smallest absolute Gasteiger partial charge is 0.229 e. The van der Waals surface area contributed by atoms with Gasteiger partial charge in [0.05, 0.1) is 26.4 Å². The van der Waals surface area contributed by atoms with Gasteiger partial charge in [0.25, 0.3) is 0 Å². The lowest BCUT2D eigenvalue weighted by atomic mass is 10.0. The third-order valence-corrected chi connectivity index (χ3v) is 6.24. The van der Waals surface area contributed by atoms with Gasteiger partial charge in [-0.2, -0.15) is 0 Å². The molecule has 0 bridgehead atoms. The zero-order chi connectivity index (χ0) is 19.8. The van der Waals surface area contributed by atoms with Gasteiger partial charge in [-0.15, -0.1) is 0 Å². The second-order valence-electron chi connectivity index (χ2n) is 8.22. The summed E-state index contributed by atoms with van der Waals surface area (Å²) in [4.78, 5) is 16.8. The van der Waals surface area contributed by atoms with Crippen LogP contribution in [-0.4, -0.2) is 43.4 Å². The lowest BCUT2D eigenvalue weighted by Gasteiger charge is -2.24. The van der Waals surface area contributed by atoms with Gasteiger partial charge in [0, 0.05) is 25.0 Å². The average molecular weight is 394 g/mol. The number of amides is 1. The summed E-state index contributed by atoms with van der Waals surface area (Å²) in [6.07, 6.45) is 3.83. The molecule has 3 aliphatic rings. The first-order chi connectivity index (χ1) is 14.2. The lowest BCUT2D eigenvalue weighted by Crippen LogP contribution is -2.26. The number of pyridine rings is 1. The van der Waals surface area contributed by atoms with Gasteiger partial charge >= 0.3 is 0 Å². The number of aromatic nitrogens is 1. The number of aryl methyl sites for hydroxylation is 1. The van der Waals surface area contributed by atoms with Crippen molar-refractivity contribution in [1.29, 1.82) is 0 Å². The van der Waals surface area contributed by atoms with E-state index in [4.69, 9.17) is 14.2 Å². The van der Waals surface area contributed by atoms with Gasteiger partial charge in [-0.25, -0.2) is 4.98 Å². The molecule has 6 nitrogen and oxygen atoms in total. The van der Waals surface area contributed by atoms with Crippen molar-refractivity contribution in [1.82, 2.24) is 4.98 Å². The molecular formula is C23H26N2O4. The maximum absolute atomic E-state index is 12.5. The summed E-state index contributed by atoms with van der Waals surface area (Å²) < 4.78 is 16.9. The van der Waals surface area contributed by atoms with E-state index >= 15 is 0 Å². The molecule has 0 spiro atoms. The molecule has 5 rings (SSSR count). The molecule has 152 valence electrons. The topological polar surface area (TPSA) is 69.7 Å². The van der Waals surface area contributed by atoms with Gasteiger partial charge in [0.2, 0.25) is 5.91 Å². The van der Waals surface area contributed by atoms with Crippen LogP contribution in [0.4, 0.5) is 5.82 Å². The number of nitrogens with zero attached hydrogens (tertiary/aromatic N) is 1. The first-order valence-corrected chi connectivity index (χ1v) is 10.4. The lowest BCUT2D eigenvalue weighted by molar-refractivity contribution is -0.118. The third-order valence-electron chi connectivity index (χ3n) is 6.24. The quantitative estimate of drug-likeness (QED) is 0.841. The Morgan fingerprint density at radius 3 is 2.59 bits per heavy atom. The molecule has 3 fully saturated rings. The van der Waals surface area contributed by atoms with Gasteiger partial charge in [-0.3, -0.25) is 4.79 Å². The Labute approximate surface area is 170 Å². The summed E-state index contributed by atoms with van der Waals surface area (Å²) in [5.74, 6) is 2.44. The number of hydrogen-bond donors (Lipinski definition) is 1. The summed E-state index contributed by atoms with van der Waals surface area (Å²) in [7, 11) is 0. The normalized spacial score (nSPS) is 26.0. The van der Waals surface area contributed by atoms with Gasteiger partial charge in [-0.1, -0.05) is 6.07 Å². The van der Waals surface area contributed by atoms with Gasteiger partial charge in [0.15, 0.2) is 0 Å². The van der Waals surface area contributed by atoms with E-state index in [1.54, 1.807) is 6.20 Å². The molecule has 6 heteroatoms. The molecule has 0 radical (unpaired) electrons. The molecule has 3 heterocycles. The van der Waals surface area contributed by atoms with Crippen LogP contribution < -0.4 is 10.1 Å². The van der Waals surface area contributed by atoms with Crippen molar-refractivity contribution in [3.05, 3.63) is 42.1 Å². The fraction of sp³-hybridized carbons (Fsp3) is 0.478. The highest BCUT2D eigenvalue weighted by Crippen LogP contribution is 2.51. The standard InChI is InChI=1S/C23H26N2O4/c1-14-10-15(2-3-20(14)29-17-5-8-27-9-6-17)16-4-7-24-21(11-16)25-23(26)22-18-12-28-13-19(18)22/h2-4,7,10-11,17-19,22H,5-6,8-9,12-13H2,1H3,(H,24,25,26)/t18-,19+,22?. The Hall–Kier alpha value is -2.44. The zero-order valence-electron chi connectivity index (χ0n) is 16.6. The van der Waals surface area contributed by atoms with Crippen LogP contribution in [-0.2, 0) is 14.3 Å². The molecule has 3 atom stereocenters. The Kier molecular flexibility index (Phi) is 4.97. The Morgan fingerprint density at radius 1 is 1.07 bits per heavy atom. The SMILES string of the molecule is Cc1cc(-c2ccnc(NC(=O)C3[C@H]4COC[C@@H]34)c2)ccc1OC1CCOCC1. The van der Waals surface area contributed by atoms with E-state index in [-0.39, 0.29) is 17.9 Å². The van der Waals surface area contributed by atoms with Crippen molar-refractivity contribution in [3.8, 4) is 16.9 Å². The molecule has 1 aromatic carbocycles. The molecule has 1 unspecified atom stereocenters. The number of nitrogens with one attached hydrogen (secondary N) is 1. The number of carbonyl (C=O) groups is 1. The summed E-state index contributed by atoms with van der Waals surface area (Å²) in [5, 5.41) is 2.98. The third kappa shape index (κ3) is 3.87. The maximum atomic E-state index is 12.5. The number of ether oxygens (including phenoxy) is 3. The van der Waals surface area contributed by atoms with Gasteiger partial charge in [0.1, 0.15) is 17.7 Å². The minimum Gasteiger partial charge on any atom is -0.490 e. The second-order valence-corrected chi connectivity index (χ2v) is 8.22. The van der Waals surface area contributed by atoms with Crippen LogP contribution in [0.5, 0.6) is 5.75 Å². The summed E-state index contributed by atoms with van der Waals surface area (Å²) in [6, 6.07) is 10.1. The number of hydrogen-bond acceptors (Lipinski definition) is 5. The number of benzene rings is 1. The van der Waals surface area contributed by atoms with Crippen molar-refractivity contribution in [2.45, 2.75) is 25.9 Å². The van der Waals surface area contributed by atoms with Crippen LogP contribution in [0.1, 0.15) is 18.4 Å². The van der Waals surface area contributed by atoms with E-state index in [0.29, 0.717) is 30.9 Å². The second kappa shape index (κ2) is 7.76. The van der Waals surface area contributed by atoms with Crippen molar-refractivity contribution in [3.63, 3.8) is 0 Å². The summed E-state index contributed by atoms with van der Waals surface area (Å²) >= 11 is 0. The zero-order valence-corrected chi connectivity index (χ0v) is 16.6. The molecule has 1 aromatic heterocycles. The van der Waals surface area contributed by atoms with E-state index in [9.17, 15) is 4.79 Å². The molecule has 2 aromatic rings. The minimum absolute atomic E-state index is 0.0596. The fourth-order valence-corrected chi connectivity index (χ4v) is 4.45. The van der Waals surface area contributed by atoms with E-state index in [1.165, 1.54) is 0 Å². The van der Waals surface area contributed by atoms with Crippen LogP contribution in [0.2, 0.25) is 0 Å². The Morgan fingerprint density at radius 2 is 1.83 bits per heavy atom. The highest BCUT2D eigenvalue weighted by Gasteiger charge is 2.58. The minimum atomic E-state index is 0.0596. The molecule has 2 saturated heterocycles. The number of anilines is 1. The number of carbonyl (C=O) groups excluding carboxylic acids is 1. The Bertz CT molecular complexity index is 900. The molecule has 1 N–H and O–H groups in total. The highest BCUT2D eigenvalue weighted by molar-refractivity contribution is 5.94. The van der Waals surface area contributed by atoms with Crippen molar-refractivity contribution < 1.29 is 19.0 Å². The van der Waals surface area contributed by atoms with Crippen LogP contribution in [0.25, 0.3) is 11.1 Å². The van der Waals surface area contributed by atoms with Crippen LogP contribution >= 0.6 is 0 Å². The van der Waals surface area contributed by atoms with Gasteiger partial charge in [-0.05, 0) is 59.7 Å². The predicted octanol–water partition coefficient (Wildman–Crippen LogP) is 3.45. The Balaban J connectivity index is 1.27. The van der Waals surface area contributed by atoms with Crippen molar-refractivity contribution in [2.24, 2.45) is 17.8 Å². The maximum Gasteiger partial charge on any atom is 0.229 e. The highest BCUT2D eigenvalue weighted by atomic mass is 16.5. The van der Waals surface area contributed by atoms with E-state index in [0.717, 1.165) is 48.5 Å². The van der Waals surface area contributed by atoms with E-state index < -0.39 is 0 Å². The molecular weight excluding hydrogens is 368 g/mol. The fourth-order valence-electron chi connectivity index (χ4n) is 4.45.